The highest BCUT2D eigenvalue weighted by molar-refractivity contribution is 6.34. The van der Waals surface area contributed by atoms with Crippen molar-refractivity contribution in [3.63, 3.8) is 0 Å². The maximum atomic E-state index is 5.98. The van der Waals surface area contributed by atoms with Crippen molar-refractivity contribution in [2.75, 3.05) is 6.61 Å². The summed E-state index contributed by atoms with van der Waals surface area (Å²) in [5, 5.41) is 1.20. The van der Waals surface area contributed by atoms with Gasteiger partial charge in [-0.1, -0.05) is 23.2 Å². The maximum Gasteiger partial charge on any atom is 0.139 e. The highest BCUT2D eigenvalue weighted by Crippen LogP contribution is 2.27. The molecule has 0 amide bonds. The molecule has 90 valence electrons. The number of halogens is 2. The summed E-state index contributed by atoms with van der Waals surface area (Å²) in [5.41, 5.74) is 0. The van der Waals surface area contributed by atoms with E-state index in [0.717, 1.165) is 13.0 Å². The van der Waals surface area contributed by atoms with Gasteiger partial charge in [0.25, 0.3) is 0 Å². The second kappa shape index (κ2) is 5.94. The average molecular weight is 271 g/mol. The molecule has 0 aliphatic rings. The van der Waals surface area contributed by atoms with Crippen LogP contribution in [0.1, 0.15) is 6.42 Å². The van der Waals surface area contributed by atoms with Crippen LogP contribution in [0, 0.1) is 0 Å². The van der Waals surface area contributed by atoms with E-state index < -0.39 is 0 Å². The third-order valence-corrected chi connectivity index (χ3v) is 2.82. The lowest BCUT2D eigenvalue weighted by Crippen LogP contribution is -2.03. The van der Waals surface area contributed by atoms with E-state index in [9.17, 15) is 0 Å². The summed E-state index contributed by atoms with van der Waals surface area (Å²) in [6, 6.07) is 5.19. The Labute approximate surface area is 110 Å². The van der Waals surface area contributed by atoms with Gasteiger partial charge in [-0.3, -0.25) is 0 Å². The molecule has 1 aromatic heterocycles. The van der Waals surface area contributed by atoms with Crippen molar-refractivity contribution in [2.45, 2.75) is 13.0 Å². The number of aryl methyl sites for hydroxylation is 1. The van der Waals surface area contributed by atoms with Gasteiger partial charge >= 0.3 is 0 Å². The Bertz CT molecular complexity index is 471. The molecule has 0 saturated carbocycles. The van der Waals surface area contributed by atoms with Crippen molar-refractivity contribution < 1.29 is 4.74 Å². The van der Waals surface area contributed by atoms with Crippen molar-refractivity contribution >= 4 is 23.2 Å². The van der Waals surface area contributed by atoms with Crippen LogP contribution in [0.4, 0.5) is 0 Å². The third kappa shape index (κ3) is 3.65. The third-order valence-electron chi connectivity index (χ3n) is 2.27. The number of rotatable bonds is 5. The van der Waals surface area contributed by atoms with Gasteiger partial charge in [-0.05, 0) is 18.6 Å². The van der Waals surface area contributed by atoms with E-state index in [4.69, 9.17) is 27.9 Å². The minimum absolute atomic E-state index is 0.581. The predicted octanol–water partition coefficient (Wildman–Crippen LogP) is 3.66. The second-order valence-electron chi connectivity index (χ2n) is 3.58. The van der Waals surface area contributed by atoms with Crippen molar-refractivity contribution in [2.24, 2.45) is 0 Å². The molecule has 0 saturated heterocycles. The lowest BCUT2D eigenvalue weighted by atomic mass is 10.3. The van der Waals surface area contributed by atoms with Crippen LogP contribution in [0.5, 0.6) is 5.75 Å². The van der Waals surface area contributed by atoms with Gasteiger partial charge in [0.1, 0.15) is 5.75 Å². The normalized spacial score (nSPS) is 10.5. The zero-order valence-corrected chi connectivity index (χ0v) is 10.7. The Balaban J connectivity index is 1.80. The van der Waals surface area contributed by atoms with Gasteiger partial charge in [0, 0.05) is 30.0 Å². The Kier molecular flexibility index (Phi) is 4.29. The van der Waals surface area contributed by atoms with E-state index in [0.29, 0.717) is 22.4 Å². The minimum atomic E-state index is 0.581. The number of benzene rings is 1. The molecule has 0 aliphatic heterocycles. The van der Waals surface area contributed by atoms with Gasteiger partial charge in [-0.15, -0.1) is 0 Å². The average Bonchev–Trinajstić information content (AvgIpc) is 2.82. The molecule has 2 aromatic rings. The van der Waals surface area contributed by atoms with Gasteiger partial charge in [0.15, 0.2) is 0 Å². The number of hydrogen-bond acceptors (Lipinski definition) is 2. The number of aromatic nitrogens is 2. The summed E-state index contributed by atoms with van der Waals surface area (Å²) in [6.07, 6.45) is 6.35. The first-order valence-electron chi connectivity index (χ1n) is 5.29. The maximum absolute atomic E-state index is 5.98. The smallest absolute Gasteiger partial charge is 0.139 e. The van der Waals surface area contributed by atoms with Crippen molar-refractivity contribution in [1.82, 2.24) is 9.55 Å². The molecule has 2 rings (SSSR count). The highest BCUT2D eigenvalue weighted by Gasteiger charge is 2.02. The zero-order chi connectivity index (χ0) is 12.1. The minimum Gasteiger partial charge on any atom is -0.492 e. The first-order chi connectivity index (χ1) is 8.25. The summed E-state index contributed by atoms with van der Waals surface area (Å²) in [6.45, 7) is 1.47. The molecule has 1 heterocycles. The quantitative estimate of drug-likeness (QED) is 0.776. The molecule has 0 radical (unpaired) electrons. The predicted molar refractivity (Wildman–Crippen MR) is 68.8 cm³/mol. The molecule has 17 heavy (non-hydrogen) atoms. The molecular formula is C12H12Cl2N2O. The summed E-state index contributed by atoms with van der Waals surface area (Å²) in [5.74, 6) is 0.629. The first-order valence-corrected chi connectivity index (χ1v) is 6.05. The number of hydrogen-bond donors (Lipinski definition) is 0. The molecule has 0 unspecified atom stereocenters. The molecule has 1 aromatic carbocycles. The fourth-order valence-corrected chi connectivity index (χ4v) is 1.77. The summed E-state index contributed by atoms with van der Waals surface area (Å²) in [7, 11) is 0. The van der Waals surface area contributed by atoms with E-state index >= 15 is 0 Å². The van der Waals surface area contributed by atoms with Crippen LogP contribution in [0.2, 0.25) is 10.0 Å². The van der Waals surface area contributed by atoms with Crippen LogP contribution in [-0.4, -0.2) is 16.2 Å². The standard InChI is InChI=1S/C12H12Cl2N2O/c13-10-2-3-11(14)12(8-10)17-7-1-5-16-6-4-15-9-16/h2-4,6,8-9H,1,5,7H2. The van der Waals surface area contributed by atoms with Crippen LogP contribution >= 0.6 is 23.2 Å². The topological polar surface area (TPSA) is 27.1 Å². The fourth-order valence-electron chi connectivity index (χ4n) is 1.44. The van der Waals surface area contributed by atoms with Crippen LogP contribution in [-0.2, 0) is 6.54 Å². The molecule has 0 atom stereocenters. The van der Waals surface area contributed by atoms with Gasteiger partial charge in [-0.25, -0.2) is 4.98 Å². The summed E-state index contributed by atoms with van der Waals surface area (Å²) < 4.78 is 7.57. The van der Waals surface area contributed by atoms with Crippen molar-refractivity contribution in [1.29, 1.82) is 0 Å². The molecule has 0 N–H and O–H groups in total. The SMILES string of the molecule is Clc1ccc(Cl)c(OCCCn2ccnc2)c1. The van der Waals surface area contributed by atoms with Crippen molar-refractivity contribution in [3.8, 4) is 5.75 Å². The zero-order valence-electron chi connectivity index (χ0n) is 9.14. The van der Waals surface area contributed by atoms with E-state index in [1.54, 1.807) is 30.7 Å². The Morgan fingerprint density at radius 1 is 1.29 bits per heavy atom. The second-order valence-corrected chi connectivity index (χ2v) is 4.42. The molecule has 0 fully saturated rings. The lowest BCUT2D eigenvalue weighted by molar-refractivity contribution is 0.302. The number of nitrogens with zero attached hydrogens (tertiary/aromatic N) is 2. The van der Waals surface area contributed by atoms with Crippen LogP contribution in [0.3, 0.4) is 0 Å². The molecule has 0 spiro atoms. The summed E-state index contributed by atoms with van der Waals surface area (Å²) >= 11 is 11.8. The summed E-state index contributed by atoms with van der Waals surface area (Å²) in [4.78, 5) is 3.97. The van der Waals surface area contributed by atoms with E-state index in [1.165, 1.54) is 0 Å². The van der Waals surface area contributed by atoms with Crippen molar-refractivity contribution in [3.05, 3.63) is 47.0 Å². The van der Waals surface area contributed by atoms with Gasteiger partial charge < -0.3 is 9.30 Å². The van der Waals surface area contributed by atoms with Crippen LogP contribution in [0.25, 0.3) is 0 Å². The van der Waals surface area contributed by atoms with E-state index in [1.807, 2.05) is 10.8 Å². The monoisotopic (exact) mass is 270 g/mol. The van der Waals surface area contributed by atoms with Crippen LogP contribution in [0.15, 0.2) is 36.9 Å². The Morgan fingerprint density at radius 3 is 2.94 bits per heavy atom. The lowest BCUT2D eigenvalue weighted by Gasteiger charge is -2.08. The van der Waals surface area contributed by atoms with E-state index in [2.05, 4.69) is 4.98 Å². The van der Waals surface area contributed by atoms with Gasteiger partial charge in [0.2, 0.25) is 0 Å². The molecule has 5 heteroatoms. The highest BCUT2D eigenvalue weighted by atomic mass is 35.5. The Hall–Kier alpha value is -1.19. The largest absolute Gasteiger partial charge is 0.492 e. The van der Waals surface area contributed by atoms with Gasteiger partial charge in [0.05, 0.1) is 18.0 Å². The molecule has 0 bridgehead atoms. The van der Waals surface area contributed by atoms with Crippen LogP contribution < -0.4 is 4.74 Å². The Morgan fingerprint density at radius 2 is 2.18 bits per heavy atom. The fraction of sp³-hybridized carbons (Fsp3) is 0.250. The molecule has 3 nitrogen and oxygen atoms in total. The molecule has 0 aliphatic carbocycles. The van der Waals surface area contributed by atoms with E-state index in [-0.39, 0.29) is 0 Å². The number of imidazole rings is 1. The first kappa shape index (κ1) is 12.3. The van der Waals surface area contributed by atoms with Gasteiger partial charge in [-0.2, -0.15) is 0 Å². The number of ether oxygens (including phenoxy) is 1. The molecular weight excluding hydrogens is 259 g/mol.